The van der Waals surface area contributed by atoms with Crippen molar-refractivity contribution in [3.8, 4) is 0 Å². The number of benzene rings is 2. The van der Waals surface area contributed by atoms with E-state index in [0.717, 1.165) is 18.2 Å². The number of hydroxylamine groups is 1. The van der Waals surface area contributed by atoms with Gasteiger partial charge in [-0.3, -0.25) is 9.44 Å². The number of hydrogen-bond donors (Lipinski definition) is 3. The lowest BCUT2D eigenvalue weighted by molar-refractivity contribution is -0.132. The Labute approximate surface area is 184 Å². The van der Waals surface area contributed by atoms with Crippen LogP contribution in [0.2, 0.25) is 10.0 Å². The third kappa shape index (κ3) is 3.15. The first-order chi connectivity index (χ1) is 14.5. The highest BCUT2D eigenvalue weighted by molar-refractivity contribution is 6.39. The van der Waals surface area contributed by atoms with E-state index in [2.05, 4.69) is 0 Å². The van der Waals surface area contributed by atoms with Gasteiger partial charge in [0, 0.05) is 31.3 Å². The number of nitrogen functional groups attached to an aromatic ring is 1. The van der Waals surface area contributed by atoms with Gasteiger partial charge in [-0.2, -0.15) is 0 Å². The van der Waals surface area contributed by atoms with Crippen LogP contribution in [-0.2, 0) is 4.79 Å². The molecule has 2 aliphatic rings. The van der Waals surface area contributed by atoms with E-state index >= 15 is 0 Å². The molecule has 2 aromatic rings. The van der Waals surface area contributed by atoms with Crippen molar-refractivity contribution in [2.24, 2.45) is 5.73 Å². The number of halogens is 4. The number of aliphatic carboxylic acids is 1. The number of fused-ring (bicyclic) bond motifs is 1. The number of quaternary nitrogens is 1. The molecule has 1 unspecified atom stereocenters. The lowest BCUT2D eigenvalue weighted by atomic mass is 9.95. The van der Waals surface area contributed by atoms with Crippen LogP contribution in [0.4, 0.5) is 31.5 Å². The zero-order chi connectivity index (χ0) is 22.8. The summed E-state index contributed by atoms with van der Waals surface area (Å²) in [7, 11) is 0. The first kappa shape index (κ1) is 21.5. The highest BCUT2D eigenvalue weighted by Gasteiger charge is 2.44. The third-order valence-electron chi connectivity index (χ3n) is 5.18. The van der Waals surface area contributed by atoms with E-state index in [0.29, 0.717) is 6.20 Å². The standard InChI is InChI=1S/C19H14Cl2F2N4O4/c20-10-2-11(22)14(3-13(10)25)27(31)6-9(19(29)30)18(28)8-1-12(23)16(15(21)17(8)27)26-4-7(24)5-26/h1-3,6-7H,4-5,24-25H2,(H,29,30). The van der Waals surface area contributed by atoms with Crippen molar-refractivity contribution < 1.29 is 23.5 Å². The molecular formula is C19H14Cl2F2N4O4. The van der Waals surface area contributed by atoms with Crippen molar-refractivity contribution in [1.82, 2.24) is 4.65 Å². The van der Waals surface area contributed by atoms with E-state index in [1.807, 2.05) is 0 Å². The number of nitrogens with zero attached hydrogens (tertiary/aromatic N) is 2. The smallest absolute Gasteiger partial charge is 0.345 e. The van der Waals surface area contributed by atoms with Crippen molar-refractivity contribution in [1.29, 1.82) is 0 Å². The Morgan fingerprint density at radius 2 is 1.87 bits per heavy atom. The quantitative estimate of drug-likeness (QED) is 0.271. The monoisotopic (exact) mass is 470 g/mol. The van der Waals surface area contributed by atoms with Gasteiger partial charge in [-0.25, -0.2) is 13.6 Å². The fourth-order valence-corrected chi connectivity index (χ4v) is 4.27. The molecule has 2 heterocycles. The first-order valence-corrected chi connectivity index (χ1v) is 9.60. The molecule has 0 amide bonds. The third-order valence-corrected chi connectivity index (χ3v) is 5.87. The van der Waals surface area contributed by atoms with Crippen molar-refractivity contribution in [3.05, 3.63) is 62.4 Å². The van der Waals surface area contributed by atoms with Gasteiger partial charge in [-0.1, -0.05) is 23.2 Å². The minimum absolute atomic E-state index is 0.165. The average Bonchev–Trinajstić information content (AvgIpc) is 2.65. The van der Waals surface area contributed by atoms with Crippen LogP contribution in [0.15, 0.2) is 30.0 Å². The molecule has 2 aromatic carbocycles. The van der Waals surface area contributed by atoms with E-state index in [9.17, 15) is 28.7 Å². The maximum Gasteiger partial charge on any atom is 0.345 e. The summed E-state index contributed by atoms with van der Waals surface area (Å²) in [6.45, 7) is 0.474. The zero-order valence-electron chi connectivity index (χ0n) is 15.5. The maximum absolute atomic E-state index is 14.9. The Kier molecular flexibility index (Phi) is 4.95. The highest BCUT2D eigenvalue weighted by Crippen LogP contribution is 2.51. The Hall–Kier alpha value is -2.76. The predicted molar refractivity (Wildman–Crippen MR) is 112 cm³/mol. The van der Waals surface area contributed by atoms with Crippen molar-refractivity contribution in [2.45, 2.75) is 6.04 Å². The fourth-order valence-electron chi connectivity index (χ4n) is 3.68. The van der Waals surface area contributed by atoms with Crippen molar-refractivity contribution in [2.75, 3.05) is 23.7 Å². The normalized spacial score (nSPS) is 20.9. The number of anilines is 2. The minimum Gasteiger partial charge on any atom is -0.617 e. The van der Waals surface area contributed by atoms with Gasteiger partial charge in [-0.05, 0) is 6.07 Å². The van der Waals surface area contributed by atoms with E-state index in [1.54, 1.807) is 0 Å². The molecule has 0 spiro atoms. The minimum atomic E-state index is -1.93. The molecule has 0 radical (unpaired) electrons. The van der Waals surface area contributed by atoms with Gasteiger partial charge in [0.25, 0.3) is 0 Å². The molecule has 0 aliphatic carbocycles. The number of ketones is 1. The van der Waals surface area contributed by atoms with E-state index in [4.69, 9.17) is 34.7 Å². The number of nitrogens with two attached hydrogens (primary N) is 2. The molecule has 2 aliphatic heterocycles. The second kappa shape index (κ2) is 7.14. The summed E-state index contributed by atoms with van der Waals surface area (Å²) in [5, 5.41) is 22.8. The Bertz CT molecular complexity index is 1200. The predicted octanol–water partition coefficient (Wildman–Crippen LogP) is 3.30. The Balaban J connectivity index is 2.06. The summed E-state index contributed by atoms with van der Waals surface area (Å²) in [4.78, 5) is 25.8. The number of rotatable bonds is 3. The van der Waals surface area contributed by atoms with Crippen LogP contribution in [0, 0.1) is 16.8 Å². The van der Waals surface area contributed by atoms with Gasteiger partial charge in [0.2, 0.25) is 5.78 Å². The van der Waals surface area contributed by atoms with Gasteiger partial charge < -0.3 is 26.7 Å². The zero-order valence-corrected chi connectivity index (χ0v) is 17.0. The average molecular weight is 471 g/mol. The topological polar surface area (TPSA) is 133 Å². The number of carbonyl (C=O) groups is 2. The largest absolute Gasteiger partial charge is 0.617 e. The first-order valence-electron chi connectivity index (χ1n) is 8.84. The SMILES string of the molecule is Nc1cc([N+]2([O-])C=C(C(=O)O)C(=O)c3cc(F)c(N4CC(N)C4)c(Cl)c32)c(F)cc1Cl. The van der Waals surface area contributed by atoms with Gasteiger partial charge in [0.1, 0.15) is 17.0 Å². The van der Waals surface area contributed by atoms with Crippen LogP contribution in [-0.4, -0.2) is 36.0 Å². The number of carbonyl (C=O) groups excluding carboxylic acids is 1. The summed E-state index contributed by atoms with van der Waals surface area (Å²) in [6, 6.07) is 2.17. The van der Waals surface area contributed by atoms with Crippen LogP contribution in [0.5, 0.6) is 0 Å². The molecule has 31 heavy (non-hydrogen) atoms. The number of hydrogen-bond acceptors (Lipinski definition) is 6. The number of Topliss-reactive ketones (excluding diaryl/α,β-unsaturated/α-hetero) is 1. The van der Waals surface area contributed by atoms with E-state index in [-0.39, 0.29) is 35.5 Å². The molecule has 4 rings (SSSR count). The Morgan fingerprint density at radius 3 is 2.45 bits per heavy atom. The van der Waals surface area contributed by atoms with Crippen LogP contribution in [0.3, 0.4) is 0 Å². The summed E-state index contributed by atoms with van der Waals surface area (Å²) in [6.07, 6.45) is 0.494. The Morgan fingerprint density at radius 1 is 1.23 bits per heavy atom. The van der Waals surface area contributed by atoms with Crippen molar-refractivity contribution >= 4 is 57.7 Å². The summed E-state index contributed by atoms with van der Waals surface area (Å²) in [5.41, 5.74) is 8.32. The van der Waals surface area contributed by atoms with Crippen LogP contribution < -0.4 is 21.0 Å². The second-order valence-electron chi connectivity index (χ2n) is 7.24. The lowest BCUT2D eigenvalue weighted by Crippen LogP contribution is -2.56. The highest BCUT2D eigenvalue weighted by atomic mass is 35.5. The molecule has 1 atom stereocenters. The summed E-state index contributed by atoms with van der Waals surface area (Å²) in [5.74, 6) is -4.95. The molecule has 12 heteroatoms. The van der Waals surface area contributed by atoms with Crippen molar-refractivity contribution in [3.63, 3.8) is 0 Å². The van der Waals surface area contributed by atoms with Gasteiger partial charge in [0.15, 0.2) is 22.8 Å². The van der Waals surface area contributed by atoms with Gasteiger partial charge >= 0.3 is 5.97 Å². The molecule has 1 fully saturated rings. The molecule has 5 N–H and O–H groups in total. The van der Waals surface area contributed by atoms with Crippen LogP contribution in [0.1, 0.15) is 10.4 Å². The second-order valence-corrected chi connectivity index (χ2v) is 8.03. The summed E-state index contributed by atoms with van der Waals surface area (Å²) >= 11 is 12.2. The molecule has 8 nitrogen and oxygen atoms in total. The molecule has 0 bridgehead atoms. The summed E-state index contributed by atoms with van der Waals surface area (Å²) < 4.78 is 27.8. The van der Waals surface area contributed by atoms with E-state index in [1.165, 1.54) is 4.90 Å². The molecular weight excluding hydrogens is 457 g/mol. The fraction of sp³-hybridized carbons (Fsp3) is 0.158. The van der Waals surface area contributed by atoms with Gasteiger partial charge in [-0.15, -0.1) is 0 Å². The van der Waals surface area contributed by atoms with E-state index < -0.39 is 55.6 Å². The molecule has 162 valence electrons. The molecule has 0 saturated carbocycles. The maximum atomic E-state index is 14.9. The van der Waals surface area contributed by atoms with Crippen LogP contribution >= 0.6 is 23.2 Å². The van der Waals surface area contributed by atoms with Gasteiger partial charge in [0.05, 0.1) is 22.0 Å². The molecule has 1 saturated heterocycles. The van der Waals surface area contributed by atoms with Crippen LogP contribution in [0.25, 0.3) is 0 Å². The lowest BCUT2D eigenvalue weighted by Gasteiger charge is -2.44. The molecule has 0 aromatic heterocycles. The number of carboxylic acids is 1. The number of carboxylic acid groups (broad SMARTS) is 1.